The maximum Gasteiger partial charge on any atom is 0.291 e. The summed E-state index contributed by atoms with van der Waals surface area (Å²) in [5.74, 6) is 0.736. The third kappa shape index (κ3) is 2.86. The second-order valence-corrected chi connectivity index (χ2v) is 4.52. The lowest BCUT2D eigenvalue weighted by Gasteiger charge is -2.04. The molecule has 1 aromatic carbocycles. The molecule has 2 aromatic rings. The van der Waals surface area contributed by atoms with E-state index in [9.17, 15) is 4.79 Å². The molecule has 0 unspecified atom stereocenters. The van der Waals surface area contributed by atoms with Crippen LogP contribution >= 0.6 is 23.2 Å². The Hall–Kier alpha value is -1.45. The summed E-state index contributed by atoms with van der Waals surface area (Å²) < 4.78 is 5.35. The second kappa shape index (κ2) is 5.46. The Labute approximate surface area is 115 Å². The lowest BCUT2D eigenvalue weighted by atomic mass is 10.3. The van der Waals surface area contributed by atoms with E-state index in [0.29, 0.717) is 15.7 Å². The van der Waals surface area contributed by atoms with E-state index in [4.69, 9.17) is 27.6 Å². The van der Waals surface area contributed by atoms with Crippen LogP contribution in [0, 0.1) is 0 Å². The van der Waals surface area contributed by atoms with Crippen molar-refractivity contribution in [2.75, 3.05) is 5.32 Å². The molecule has 2 rings (SSSR count). The maximum atomic E-state index is 11.9. The number of hydrogen-bond acceptors (Lipinski definition) is 2. The van der Waals surface area contributed by atoms with E-state index in [1.54, 1.807) is 30.3 Å². The molecule has 3 nitrogen and oxygen atoms in total. The van der Waals surface area contributed by atoms with Gasteiger partial charge in [0.1, 0.15) is 5.76 Å². The van der Waals surface area contributed by atoms with Gasteiger partial charge < -0.3 is 9.73 Å². The number of aryl methyl sites for hydroxylation is 1. The van der Waals surface area contributed by atoms with Crippen molar-refractivity contribution < 1.29 is 9.21 Å². The van der Waals surface area contributed by atoms with Gasteiger partial charge in [-0.05, 0) is 30.3 Å². The fourth-order valence-electron chi connectivity index (χ4n) is 1.46. The summed E-state index contributed by atoms with van der Waals surface area (Å²) in [5.41, 5.74) is 0.573. The number of halogens is 2. The van der Waals surface area contributed by atoms with Crippen molar-refractivity contribution >= 4 is 34.8 Å². The Kier molecular flexibility index (Phi) is 3.94. The summed E-state index contributed by atoms with van der Waals surface area (Å²) in [6, 6.07) is 8.32. The number of rotatable bonds is 3. The van der Waals surface area contributed by atoms with Gasteiger partial charge in [0.05, 0.1) is 10.0 Å². The molecule has 0 aliphatic carbocycles. The van der Waals surface area contributed by atoms with E-state index >= 15 is 0 Å². The molecule has 0 atom stereocenters. The fraction of sp³-hybridized carbons (Fsp3) is 0.154. The van der Waals surface area contributed by atoms with Crippen molar-refractivity contribution in [1.82, 2.24) is 0 Å². The minimum atomic E-state index is -0.312. The van der Waals surface area contributed by atoms with Crippen molar-refractivity contribution in [3.63, 3.8) is 0 Å². The molecule has 1 N–H and O–H groups in total. The van der Waals surface area contributed by atoms with E-state index < -0.39 is 0 Å². The molecule has 0 saturated heterocycles. The van der Waals surface area contributed by atoms with Crippen molar-refractivity contribution in [1.29, 1.82) is 0 Å². The van der Waals surface area contributed by atoms with Gasteiger partial charge in [-0.15, -0.1) is 0 Å². The average molecular weight is 284 g/mol. The monoisotopic (exact) mass is 283 g/mol. The van der Waals surface area contributed by atoms with Gasteiger partial charge >= 0.3 is 0 Å². The van der Waals surface area contributed by atoms with Gasteiger partial charge in [0.2, 0.25) is 0 Å². The number of furan rings is 1. The molecule has 94 valence electrons. The van der Waals surface area contributed by atoms with Crippen LogP contribution < -0.4 is 5.32 Å². The van der Waals surface area contributed by atoms with E-state index in [2.05, 4.69) is 5.32 Å². The van der Waals surface area contributed by atoms with E-state index in [-0.39, 0.29) is 11.7 Å². The zero-order valence-corrected chi connectivity index (χ0v) is 11.2. The van der Waals surface area contributed by atoms with Crippen molar-refractivity contribution in [2.45, 2.75) is 13.3 Å². The topological polar surface area (TPSA) is 42.2 Å². The van der Waals surface area contributed by atoms with Crippen LogP contribution in [0.3, 0.4) is 0 Å². The lowest BCUT2D eigenvalue weighted by molar-refractivity contribution is 0.0995. The summed E-state index contributed by atoms with van der Waals surface area (Å²) in [5, 5.41) is 3.53. The Balaban J connectivity index is 2.13. The maximum absolute atomic E-state index is 11.9. The third-order valence-corrected chi connectivity index (χ3v) is 3.15. The lowest BCUT2D eigenvalue weighted by Crippen LogP contribution is -2.10. The highest BCUT2D eigenvalue weighted by molar-refractivity contribution is 6.42. The number of benzene rings is 1. The van der Waals surface area contributed by atoms with Crippen LogP contribution in [0.25, 0.3) is 0 Å². The molecule has 0 radical (unpaired) electrons. The van der Waals surface area contributed by atoms with E-state index in [1.165, 1.54) is 0 Å². The van der Waals surface area contributed by atoms with Crippen molar-refractivity contribution in [3.05, 3.63) is 51.9 Å². The smallest absolute Gasteiger partial charge is 0.291 e. The fourth-order valence-corrected chi connectivity index (χ4v) is 1.75. The zero-order chi connectivity index (χ0) is 13.1. The van der Waals surface area contributed by atoms with Crippen LogP contribution in [0.4, 0.5) is 5.69 Å². The van der Waals surface area contributed by atoms with Crippen LogP contribution in [0.1, 0.15) is 23.2 Å². The Bertz CT molecular complexity index is 578. The summed E-state index contributed by atoms with van der Waals surface area (Å²) in [7, 11) is 0. The highest BCUT2D eigenvalue weighted by Crippen LogP contribution is 2.25. The standard InChI is InChI=1S/C13H11Cl2NO2/c1-2-9-4-6-12(18-9)13(17)16-8-3-5-10(14)11(15)7-8/h3-7H,2H2,1H3,(H,16,17). The summed E-state index contributed by atoms with van der Waals surface area (Å²) in [6.45, 7) is 1.96. The molecule has 0 aliphatic rings. The first-order valence-corrected chi connectivity index (χ1v) is 6.21. The first-order chi connectivity index (χ1) is 8.60. The largest absolute Gasteiger partial charge is 0.456 e. The molecule has 1 amide bonds. The van der Waals surface area contributed by atoms with E-state index in [1.807, 2.05) is 6.92 Å². The average Bonchev–Trinajstić information content (AvgIpc) is 2.82. The number of nitrogens with one attached hydrogen (secondary N) is 1. The third-order valence-electron chi connectivity index (χ3n) is 2.41. The molecule has 0 fully saturated rings. The molecule has 0 spiro atoms. The normalized spacial score (nSPS) is 10.4. The molecular weight excluding hydrogens is 273 g/mol. The Morgan fingerprint density at radius 3 is 2.61 bits per heavy atom. The van der Waals surface area contributed by atoms with Crippen LogP contribution in [0.2, 0.25) is 10.0 Å². The number of carbonyl (C=O) groups excluding carboxylic acids is 1. The molecule has 0 bridgehead atoms. The first kappa shape index (κ1) is 13.0. The van der Waals surface area contributed by atoms with Gasteiger partial charge in [-0.3, -0.25) is 4.79 Å². The first-order valence-electron chi connectivity index (χ1n) is 5.45. The van der Waals surface area contributed by atoms with Crippen molar-refractivity contribution in [3.8, 4) is 0 Å². The highest BCUT2D eigenvalue weighted by atomic mass is 35.5. The van der Waals surface area contributed by atoms with Crippen LogP contribution in [0.5, 0.6) is 0 Å². The zero-order valence-electron chi connectivity index (χ0n) is 9.67. The Morgan fingerprint density at radius 1 is 1.22 bits per heavy atom. The summed E-state index contributed by atoms with van der Waals surface area (Å²) >= 11 is 11.7. The number of amides is 1. The molecule has 5 heteroatoms. The van der Waals surface area contributed by atoms with Gasteiger partial charge in [-0.2, -0.15) is 0 Å². The molecular formula is C13H11Cl2NO2. The SMILES string of the molecule is CCc1ccc(C(=O)Nc2ccc(Cl)c(Cl)c2)o1. The quantitative estimate of drug-likeness (QED) is 0.907. The molecule has 18 heavy (non-hydrogen) atoms. The van der Waals surface area contributed by atoms with Gasteiger partial charge in [0.25, 0.3) is 5.91 Å². The van der Waals surface area contributed by atoms with Crippen molar-refractivity contribution in [2.24, 2.45) is 0 Å². The minimum absolute atomic E-state index is 0.276. The number of anilines is 1. The second-order valence-electron chi connectivity index (χ2n) is 3.70. The highest BCUT2D eigenvalue weighted by Gasteiger charge is 2.11. The van der Waals surface area contributed by atoms with E-state index in [0.717, 1.165) is 12.2 Å². The minimum Gasteiger partial charge on any atom is -0.456 e. The Morgan fingerprint density at radius 2 is 2.00 bits per heavy atom. The van der Waals surface area contributed by atoms with Gasteiger partial charge in [0.15, 0.2) is 5.76 Å². The number of hydrogen-bond donors (Lipinski definition) is 1. The van der Waals surface area contributed by atoms with Crippen LogP contribution in [-0.2, 0) is 6.42 Å². The summed E-state index contributed by atoms with van der Waals surface area (Å²) in [4.78, 5) is 11.9. The van der Waals surface area contributed by atoms with Crippen LogP contribution in [-0.4, -0.2) is 5.91 Å². The predicted octanol–water partition coefficient (Wildman–Crippen LogP) is 4.40. The predicted molar refractivity (Wildman–Crippen MR) is 72.5 cm³/mol. The molecule has 0 saturated carbocycles. The molecule has 1 heterocycles. The number of carbonyl (C=O) groups is 1. The molecule has 1 aromatic heterocycles. The summed E-state index contributed by atoms with van der Waals surface area (Å²) in [6.07, 6.45) is 0.750. The van der Waals surface area contributed by atoms with Gasteiger partial charge in [-0.1, -0.05) is 30.1 Å². The van der Waals surface area contributed by atoms with Gasteiger partial charge in [-0.25, -0.2) is 0 Å². The van der Waals surface area contributed by atoms with Gasteiger partial charge in [0, 0.05) is 12.1 Å². The molecule has 0 aliphatic heterocycles. The van der Waals surface area contributed by atoms with Crippen LogP contribution in [0.15, 0.2) is 34.7 Å².